The summed E-state index contributed by atoms with van der Waals surface area (Å²) in [6, 6.07) is 6.24. The number of primary amides is 1. The van der Waals surface area contributed by atoms with E-state index in [0.29, 0.717) is 25.7 Å². The maximum absolute atomic E-state index is 13.3. The fourth-order valence-electron chi connectivity index (χ4n) is 3.60. The summed E-state index contributed by atoms with van der Waals surface area (Å²) in [5.41, 5.74) is 3.14. The molecule has 0 spiro atoms. The summed E-state index contributed by atoms with van der Waals surface area (Å²) in [5.74, 6) is 0.380. The van der Waals surface area contributed by atoms with E-state index in [1.807, 2.05) is 5.92 Å². The van der Waals surface area contributed by atoms with Crippen molar-refractivity contribution in [3.05, 3.63) is 42.1 Å². The Bertz CT molecular complexity index is 953. The van der Waals surface area contributed by atoms with Gasteiger partial charge in [0.1, 0.15) is 5.54 Å². The molecule has 1 heterocycles. The van der Waals surface area contributed by atoms with Crippen LogP contribution >= 0.6 is 0 Å². The largest absolute Gasteiger partial charge is 0.418 e. The van der Waals surface area contributed by atoms with Gasteiger partial charge in [-0.1, -0.05) is 25.0 Å². The Labute approximate surface area is 159 Å². The van der Waals surface area contributed by atoms with Crippen molar-refractivity contribution in [2.75, 3.05) is 4.90 Å². The van der Waals surface area contributed by atoms with Crippen LogP contribution in [0.5, 0.6) is 0 Å². The first-order valence-electron chi connectivity index (χ1n) is 8.54. The number of nitrogens with two attached hydrogens (primary N) is 1. The Morgan fingerprint density at radius 2 is 1.86 bits per heavy atom. The quantitative estimate of drug-likeness (QED) is 0.815. The molecule has 28 heavy (non-hydrogen) atoms. The summed E-state index contributed by atoms with van der Waals surface area (Å²) in [7, 11) is 0. The van der Waals surface area contributed by atoms with Crippen LogP contribution < -0.4 is 10.6 Å². The molecule has 1 aliphatic carbocycles. The van der Waals surface area contributed by atoms with E-state index >= 15 is 0 Å². The number of anilines is 1. The first kappa shape index (κ1) is 19.5. The second-order valence-corrected chi connectivity index (χ2v) is 6.52. The second-order valence-electron chi connectivity index (χ2n) is 6.52. The minimum absolute atomic E-state index is 0.0272. The van der Waals surface area contributed by atoms with Gasteiger partial charge in [0.05, 0.1) is 11.3 Å². The maximum Gasteiger partial charge on any atom is 0.418 e. The third-order valence-electron chi connectivity index (χ3n) is 4.90. The molecule has 1 saturated carbocycles. The third kappa shape index (κ3) is 3.22. The molecule has 9 heteroatoms. The molecule has 1 aromatic carbocycles. The summed E-state index contributed by atoms with van der Waals surface area (Å²) in [5, 5.41) is 4.11. The van der Waals surface area contributed by atoms with Gasteiger partial charge in [-0.3, -0.25) is 14.5 Å². The monoisotopic (exact) mass is 390 g/mol. The molecule has 0 radical (unpaired) electrons. The number of rotatable bonds is 4. The van der Waals surface area contributed by atoms with E-state index in [4.69, 9.17) is 12.2 Å². The van der Waals surface area contributed by atoms with E-state index in [1.54, 1.807) is 0 Å². The van der Waals surface area contributed by atoms with E-state index in [0.717, 1.165) is 15.6 Å². The number of alkyl halides is 3. The van der Waals surface area contributed by atoms with Gasteiger partial charge in [0.2, 0.25) is 5.91 Å². The van der Waals surface area contributed by atoms with E-state index < -0.39 is 29.1 Å². The Morgan fingerprint density at radius 1 is 1.21 bits per heavy atom. The van der Waals surface area contributed by atoms with Crippen molar-refractivity contribution >= 4 is 17.6 Å². The van der Waals surface area contributed by atoms with Gasteiger partial charge in [0.25, 0.3) is 0 Å². The SMILES string of the molecule is C#CC(=O)N(c1ccn(-c2ccccc2C(F)(F)F)n1)C1(C(N)=O)CCCC1. The van der Waals surface area contributed by atoms with Crippen LogP contribution in [0.25, 0.3) is 5.69 Å². The van der Waals surface area contributed by atoms with Crippen molar-refractivity contribution in [3.8, 4) is 18.0 Å². The van der Waals surface area contributed by atoms with Crippen molar-refractivity contribution < 1.29 is 22.8 Å². The van der Waals surface area contributed by atoms with Crippen LogP contribution in [0, 0.1) is 12.3 Å². The Balaban J connectivity index is 2.10. The highest BCUT2D eigenvalue weighted by molar-refractivity contribution is 6.10. The van der Waals surface area contributed by atoms with Crippen molar-refractivity contribution in [1.29, 1.82) is 0 Å². The number of hydrogen-bond donors (Lipinski definition) is 1. The van der Waals surface area contributed by atoms with Gasteiger partial charge < -0.3 is 5.73 Å². The van der Waals surface area contributed by atoms with Crippen molar-refractivity contribution in [2.24, 2.45) is 5.73 Å². The number of hydrogen-bond acceptors (Lipinski definition) is 3. The fraction of sp³-hybridized carbons (Fsp3) is 0.316. The highest BCUT2D eigenvalue weighted by Gasteiger charge is 2.48. The van der Waals surface area contributed by atoms with Gasteiger partial charge in [-0.2, -0.15) is 13.2 Å². The zero-order valence-corrected chi connectivity index (χ0v) is 14.7. The molecule has 6 nitrogen and oxygen atoms in total. The molecule has 1 aromatic heterocycles. The average molecular weight is 390 g/mol. The maximum atomic E-state index is 13.3. The minimum atomic E-state index is -4.59. The average Bonchev–Trinajstić information content (AvgIpc) is 3.32. The summed E-state index contributed by atoms with van der Waals surface area (Å²) in [6.07, 6.45) is 3.89. The molecule has 1 aliphatic rings. The molecule has 0 bridgehead atoms. The smallest absolute Gasteiger partial charge is 0.368 e. The summed E-state index contributed by atoms with van der Waals surface area (Å²) >= 11 is 0. The predicted octanol–water partition coefficient (Wildman–Crippen LogP) is 2.66. The van der Waals surface area contributed by atoms with Gasteiger partial charge in [0.15, 0.2) is 5.82 Å². The van der Waals surface area contributed by atoms with Crippen LogP contribution in [0.1, 0.15) is 31.2 Å². The number of carbonyl (C=O) groups excluding carboxylic acids is 2. The lowest BCUT2D eigenvalue weighted by molar-refractivity contribution is -0.137. The molecule has 1 fully saturated rings. The van der Waals surface area contributed by atoms with Gasteiger partial charge in [0, 0.05) is 12.3 Å². The van der Waals surface area contributed by atoms with E-state index in [2.05, 4.69) is 5.10 Å². The zero-order valence-electron chi connectivity index (χ0n) is 14.7. The topological polar surface area (TPSA) is 81.2 Å². The van der Waals surface area contributed by atoms with Crippen LogP contribution in [-0.4, -0.2) is 27.1 Å². The zero-order chi connectivity index (χ0) is 20.5. The van der Waals surface area contributed by atoms with Gasteiger partial charge in [-0.05, 0) is 30.9 Å². The van der Waals surface area contributed by atoms with Crippen LogP contribution in [0.15, 0.2) is 36.5 Å². The molecule has 146 valence electrons. The summed E-state index contributed by atoms with van der Waals surface area (Å²) in [6.45, 7) is 0. The number of terminal acetylenes is 1. The van der Waals surface area contributed by atoms with Crippen LogP contribution in [0.4, 0.5) is 19.0 Å². The molecule has 0 saturated heterocycles. The number of nitrogens with zero attached hydrogens (tertiary/aromatic N) is 3. The Morgan fingerprint density at radius 3 is 2.43 bits per heavy atom. The van der Waals surface area contributed by atoms with E-state index in [-0.39, 0.29) is 11.5 Å². The third-order valence-corrected chi connectivity index (χ3v) is 4.90. The molecule has 0 unspecified atom stereocenters. The molecular weight excluding hydrogens is 373 g/mol. The number of halogens is 3. The Kier molecular flexibility index (Phi) is 4.89. The van der Waals surface area contributed by atoms with Crippen molar-refractivity contribution in [2.45, 2.75) is 37.4 Å². The number of para-hydroxylation sites is 1. The van der Waals surface area contributed by atoms with Crippen LogP contribution in [-0.2, 0) is 15.8 Å². The lowest BCUT2D eigenvalue weighted by atomic mass is 9.93. The molecule has 0 aliphatic heterocycles. The standard InChI is InChI=1S/C19H17F3N4O2/c1-2-16(27)26(18(17(23)28)10-5-6-11-18)15-9-12-25(24-15)14-8-4-3-7-13(14)19(20,21)22/h1,3-4,7-9,12H,5-6,10-11H2,(H2,23,28). The van der Waals surface area contributed by atoms with Crippen LogP contribution in [0.2, 0.25) is 0 Å². The summed E-state index contributed by atoms with van der Waals surface area (Å²) in [4.78, 5) is 25.7. The second kappa shape index (κ2) is 7.03. The molecule has 2 amide bonds. The molecule has 3 rings (SSSR count). The molecular formula is C19H17F3N4O2. The number of benzene rings is 1. The molecule has 2 aromatic rings. The Hall–Kier alpha value is -3.28. The summed E-state index contributed by atoms with van der Waals surface area (Å²) < 4.78 is 40.9. The van der Waals surface area contributed by atoms with Gasteiger partial charge in [-0.15, -0.1) is 11.5 Å². The predicted molar refractivity (Wildman–Crippen MR) is 95.3 cm³/mol. The normalized spacial score (nSPS) is 15.8. The highest BCUT2D eigenvalue weighted by atomic mass is 19.4. The van der Waals surface area contributed by atoms with Crippen molar-refractivity contribution in [3.63, 3.8) is 0 Å². The number of aromatic nitrogens is 2. The lowest BCUT2D eigenvalue weighted by Gasteiger charge is -2.35. The van der Waals surface area contributed by atoms with Crippen molar-refractivity contribution in [1.82, 2.24) is 9.78 Å². The van der Waals surface area contributed by atoms with E-state index in [9.17, 15) is 22.8 Å². The van der Waals surface area contributed by atoms with Crippen LogP contribution in [0.3, 0.4) is 0 Å². The highest BCUT2D eigenvalue weighted by Crippen LogP contribution is 2.38. The van der Waals surface area contributed by atoms with Gasteiger partial charge >= 0.3 is 12.1 Å². The first-order chi connectivity index (χ1) is 13.2. The fourth-order valence-corrected chi connectivity index (χ4v) is 3.60. The van der Waals surface area contributed by atoms with E-state index in [1.165, 1.54) is 30.5 Å². The molecule has 2 N–H and O–H groups in total. The van der Waals surface area contributed by atoms with Gasteiger partial charge in [-0.25, -0.2) is 4.68 Å². The number of carbonyl (C=O) groups is 2. The number of amides is 2. The lowest BCUT2D eigenvalue weighted by Crippen LogP contribution is -2.58. The first-order valence-corrected chi connectivity index (χ1v) is 8.54. The molecule has 0 atom stereocenters. The minimum Gasteiger partial charge on any atom is -0.368 e.